The maximum absolute atomic E-state index is 7.25. The minimum absolute atomic E-state index is 0.171. The van der Waals surface area contributed by atoms with Gasteiger partial charge in [-0.15, -0.1) is 0 Å². The summed E-state index contributed by atoms with van der Waals surface area (Å²) >= 11 is 0. The van der Waals surface area contributed by atoms with Crippen molar-refractivity contribution in [1.82, 2.24) is 4.90 Å². The standard InChI is InChI=1S/C7H15N3O/c1-11-5-6-3-2-4-10(6)7(8)9/h6H,2-5H2,1H3,(H3,8,9)/t6-/m1/s1. The van der Waals surface area contributed by atoms with Crippen LogP contribution in [0.2, 0.25) is 0 Å². The summed E-state index contributed by atoms with van der Waals surface area (Å²) < 4.78 is 5.01. The molecule has 1 rings (SSSR count). The Morgan fingerprint density at radius 3 is 3.09 bits per heavy atom. The molecular formula is C7H15N3O. The molecule has 1 aliphatic rings. The zero-order valence-corrected chi connectivity index (χ0v) is 6.84. The number of ether oxygens (including phenoxy) is 1. The molecule has 64 valence electrons. The highest BCUT2D eigenvalue weighted by Crippen LogP contribution is 2.15. The smallest absolute Gasteiger partial charge is 0.188 e. The number of likely N-dealkylation sites (tertiary alicyclic amines) is 1. The summed E-state index contributed by atoms with van der Waals surface area (Å²) in [7, 11) is 1.68. The fourth-order valence-corrected chi connectivity index (χ4v) is 1.52. The average Bonchev–Trinajstić information content (AvgIpc) is 2.36. The molecule has 1 aliphatic heterocycles. The lowest BCUT2D eigenvalue weighted by Crippen LogP contribution is -2.41. The van der Waals surface area contributed by atoms with Crippen molar-refractivity contribution in [3.63, 3.8) is 0 Å². The largest absolute Gasteiger partial charge is 0.383 e. The summed E-state index contributed by atoms with van der Waals surface area (Å²) in [6.45, 7) is 1.59. The molecular weight excluding hydrogens is 142 g/mol. The lowest BCUT2D eigenvalue weighted by molar-refractivity contribution is 0.144. The van der Waals surface area contributed by atoms with Gasteiger partial charge < -0.3 is 15.4 Å². The van der Waals surface area contributed by atoms with Crippen molar-refractivity contribution in [2.75, 3.05) is 20.3 Å². The maximum atomic E-state index is 7.25. The van der Waals surface area contributed by atoms with Crippen LogP contribution in [-0.2, 0) is 4.74 Å². The summed E-state index contributed by atoms with van der Waals surface area (Å²) in [5.74, 6) is 0.171. The van der Waals surface area contributed by atoms with Crippen LogP contribution in [-0.4, -0.2) is 37.2 Å². The molecule has 0 aromatic rings. The minimum atomic E-state index is 0.171. The fraction of sp³-hybridized carbons (Fsp3) is 0.857. The molecule has 3 N–H and O–H groups in total. The lowest BCUT2D eigenvalue weighted by Gasteiger charge is -2.23. The molecule has 0 radical (unpaired) electrons. The van der Waals surface area contributed by atoms with E-state index in [0.717, 1.165) is 19.4 Å². The van der Waals surface area contributed by atoms with Crippen molar-refractivity contribution < 1.29 is 4.74 Å². The minimum Gasteiger partial charge on any atom is -0.383 e. The molecule has 0 saturated carbocycles. The first-order chi connectivity index (χ1) is 5.25. The number of methoxy groups -OCH3 is 1. The highest BCUT2D eigenvalue weighted by molar-refractivity contribution is 5.75. The highest BCUT2D eigenvalue weighted by atomic mass is 16.5. The molecule has 1 fully saturated rings. The topological polar surface area (TPSA) is 62.3 Å². The van der Waals surface area contributed by atoms with Crippen LogP contribution in [0.5, 0.6) is 0 Å². The number of nitrogens with zero attached hydrogens (tertiary/aromatic N) is 1. The Bertz CT molecular complexity index is 149. The lowest BCUT2D eigenvalue weighted by atomic mass is 10.2. The van der Waals surface area contributed by atoms with Gasteiger partial charge in [0.15, 0.2) is 5.96 Å². The van der Waals surface area contributed by atoms with E-state index >= 15 is 0 Å². The Morgan fingerprint density at radius 2 is 2.55 bits per heavy atom. The number of hydrogen-bond donors (Lipinski definition) is 2. The monoisotopic (exact) mass is 157 g/mol. The summed E-state index contributed by atoms with van der Waals surface area (Å²) in [5.41, 5.74) is 5.37. The summed E-state index contributed by atoms with van der Waals surface area (Å²) in [6, 6.07) is 0.331. The summed E-state index contributed by atoms with van der Waals surface area (Å²) in [4.78, 5) is 1.89. The van der Waals surface area contributed by atoms with E-state index in [0.29, 0.717) is 12.6 Å². The van der Waals surface area contributed by atoms with E-state index in [1.807, 2.05) is 4.90 Å². The Hall–Kier alpha value is -0.770. The van der Waals surface area contributed by atoms with Crippen LogP contribution in [0.3, 0.4) is 0 Å². The summed E-state index contributed by atoms with van der Waals surface area (Å²) in [5, 5.41) is 7.25. The van der Waals surface area contributed by atoms with Crippen LogP contribution in [0.15, 0.2) is 0 Å². The number of nitrogens with two attached hydrogens (primary N) is 1. The van der Waals surface area contributed by atoms with Crippen LogP contribution in [0, 0.1) is 5.41 Å². The zero-order chi connectivity index (χ0) is 8.27. The van der Waals surface area contributed by atoms with Gasteiger partial charge in [-0.05, 0) is 12.8 Å². The van der Waals surface area contributed by atoms with Crippen LogP contribution in [0.25, 0.3) is 0 Å². The van der Waals surface area contributed by atoms with Crippen molar-refractivity contribution in [1.29, 1.82) is 5.41 Å². The molecule has 0 unspecified atom stereocenters. The quantitative estimate of drug-likeness (QED) is 0.438. The van der Waals surface area contributed by atoms with Gasteiger partial charge in [-0.2, -0.15) is 0 Å². The van der Waals surface area contributed by atoms with Crippen LogP contribution < -0.4 is 5.73 Å². The Kier molecular flexibility index (Phi) is 2.70. The van der Waals surface area contributed by atoms with Gasteiger partial charge in [-0.1, -0.05) is 0 Å². The van der Waals surface area contributed by atoms with Crippen molar-refractivity contribution >= 4 is 5.96 Å². The predicted molar refractivity (Wildman–Crippen MR) is 43.5 cm³/mol. The van der Waals surface area contributed by atoms with E-state index in [1.54, 1.807) is 7.11 Å². The molecule has 0 spiro atoms. The van der Waals surface area contributed by atoms with Gasteiger partial charge in [0.05, 0.1) is 12.6 Å². The molecule has 1 heterocycles. The molecule has 4 nitrogen and oxygen atoms in total. The predicted octanol–water partition coefficient (Wildman–Crippen LogP) is -0.00933. The molecule has 0 aromatic carbocycles. The van der Waals surface area contributed by atoms with Gasteiger partial charge in [0, 0.05) is 13.7 Å². The number of rotatable bonds is 2. The Balaban J connectivity index is 2.44. The van der Waals surface area contributed by atoms with Crippen LogP contribution in [0.4, 0.5) is 0 Å². The van der Waals surface area contributed by atoms with E-state index in [9.17, 15) is 0 Å². The van der Waals surface area contributed by atoms with E-state index in [1.165, 1.54) is 0 Å². The van der Waals surface area contributed by atoms with Gasteiger partial charge in [0.1, 0.15) is 0 Å². The van der Waals surface area contributed by atoms with Gasteiger partial charge in [0.25, 0.3) is 0 Å². The number of guanidine groups is 1. The zero-order valence-electron chi connectivity index (χ0n) is 6.84. The van der Waals surface area contributed by atoms with Gasteiger partial charge in [-0.3, -0.25) is 5.41 Å². The highest BCUT2D eigenvalue weighted by Gasteiger charge is 2.24. The van der Waals surface area contributed by atoms with Gasteiger partial charge in [0.2, 0.25) is 0 Å². The van der Waals surface area contributed by atoms with E-state index in [-0.39, 0.29) is 5.96 Å². The second-order valence-electron chi connectivity index (χ2n) is 2.83. The third-order valence-corrected chi connectivity index (χ3v) is 2.05. The van der Waals surface area contributed by atoms with Crippen molar-refractivity contribution in [2.45, 2.75) is 18.9 Å². The summed E-state index contributed by atoms with van der Waals surface area (Å²) in [6.07, 6.45) is 2.21. The van der Waals surface area contributed by atoms with E-state index in [2.05, 4.69) is 0 Å². The molecule has 4 heteroatoms. The second kappa shape index (κ2) is 3.57. The normalized spacial score (nSPS) is 24.1. The molecule has 0 aliphatic carbocycles. The first kappa shape index (κ1) is 8.33. The first-order valence-corrected chi connectivity index (χ1v) is 3.85. The van der Waals surface area contributed by atoms with Crippen molar-refractivity contribution in [3.8, 4) is 0 Å². The first-order valence-electron chi connectivity index (χ1n) is 3.85. The molecule has 1 atom stereocenters. The molecule has 0 amide bonds. The van der Waals surface area contributed by atoms with Crippen LogP contribution in [0.1, 0.15) is 12.8 Å². The Labute approximate surface area is 66.8 Å². The fourth-order valence-electron chi connectivity index (χ4n) is 1.52. The third kappa shape index (κ3) is 1.83. The molecule has 11 heavy (non-hydrogen) atoms. The van der Waals surface area contributed by atoms with Crippen LogP contribution >= 0.6 is 0 Å². The average molecular weight is 157 g/mol. The maximum Gasteiger partial charge on any atom is 0.188 e. The number of hydrogen-bond acceptors (Lipinski definition) is 2. The third-order valence-electron chi connectivity index (χ3n) is 2.05. The van der Waals surface area contributed by atoms with Gasteiger partial charge >= 0.3 is 0 Å². The Morgan fingerprint density at radius 1 is 1.82 bits per heavy atom. The SMILES string of the molecule is COC[C@H]1CCCN1C(=N)N. The van der Waals surface area contributed by atoms with Crippen molar-refractivity contribution in [3.05, 3.63) is 0 Å². The van der Waals surface area contributed by atoms with Crippen molar-refractivity contribution in [2.24, 2.45) is 5.73 Å². The molecule has 0 aromatic heterocycles. The second-order valence-corrected chi connectivity index (χ2v) is 2.83. The van der Waals surface area contributed by atoms with E-state index < -0.39 is 0 Å². The number of nitrogens with one attached hydrogen (secondary N) is 1. The molecule has 1 saturated heterocycles. The molecule has 0 bridgehead atoms. The van der Waals surface area contributed by atoms with E-state index in [4.69, 9.17) is 15.9 Å². The van der Waals surface area contributed by atoms with Gasteiger partial charge in [-0.25, -0.2) is 0 Å².